The van der Waals surface area contributed by atoms with Crippen LogP contribution >= 0.6 is 0 Å². The Balaban J connectivity index is 1.93. The molecule has 0 aromatic heterocycles. The predicted octanol–water partition coefficient (Wildman–Crippen LogP) is 3.04. The minimum Gasteiger partial charge on any atom is -0.352 e. The number of hydrogen-bond acceptors (Lipinski definition) is 3. The molecule has 3 rings (SSSR count). The molecule has 2 aromatic carbocycles. The smallest absolute Gasteiger partial charge is 0.256 e. The number of hydrogen-bond donors (Lipinski definition) is 1. The first-order valence-corrected chi connectivity index (χ1v) is 7.08. The van der Waals surface area contributed by atoms with Gasteiger partial charge in [-0.15, -0.1) is 0 Å². The molecular weight excluding hydrogens is 302 g/mol. The zero-order chi connectivity index (χ0) is 16.6. The number of aryl methyl sites for hydroxylation is 1. The third kappa shape index (κ3) is 3.06. The van der Waals surface area contributed by atoms with Crippen LogP contribution in [0.4, 0.5) is 20.2 Å². The molecule has 1 aliphatic heterocycles. The number of anilines is 2. The molecule has 0 atom stereocenters. The van der Waals surface area contributed by atoms with Gasteiger partial charge in [-0.1, -0.05) is 6.07 Å². The van der Waals surface area contributed by atoms with E-state index in [0.717, 1.165) is 17.7 Å². The van der Waals surface area contributed by atoms with E-state index in [1.165, 1.54) is 23.1 Å². The Morgan fingerprint density at radius 2 is 1.83 bits per heavy atom. The summed E-state index contributed by atoms with van der Waals surface area (Å²) in [7, 11) is 0. The zero-order valence-electron chi connectivity index (χ0n) is 12.4. The number of benzene rings is 2. The lowest BCUT2D eigenvalue weighted by Crippen LogP contribution is -2.50. The Morgan fingerprint density at radius 1 is 1.09 bits per heavy atom. The molecule has 1 amide bonds. The molecule has 0 radical (unpaired) electrons. The average molecular weight is 316 g/mol. The van der Waals surface area contributed by atoms with Crippen molar-refractivity contribution in [2.24, 2.45) is 0 Å². The van der Waals surface area contributed by atoms with Crippen LogP contribution in [0.1, 0.15) is 15.9 Å². The van der Waals surface area contributed by atoms with Gasteiger partial charge in [0.25, 0.3) is 5.91 Å². The van der Waals surface area contributed by atoms with Crippen molar-refractivity contribution < 1.29 is 18.4 Å². The van der Waals surface area contributed by atoms with E-state index in [1.54, 1.807) is 13.0 Å². The van der Waals surface area contributed by atoms with Crippen LogP contribution in [-0.4, -0.2) is 29.7 Å². The quantitative estimate of drug-likeness (QED) is 0.947. The molecule has 2 aromatic rings. The summed E-state index contributed by atoms with van der Waals surface area (Å²) >= 11 is 0. The highest BCUT2D eigenvalue weighted by atomic mass is 19.1. The van der Waals surface area contributed by atoms with Gasteiger partial charge in [-0.3, -0.25) is 9.59 Å². The van der Waals surface area contributed by atoms with Gasteiger partial charge < -0.3 is 10.2 Å². The first-order valence-electron chi connectivity index (χ1n) is 7.08. The van der Waals surface area contributed by atoms with Gasteiger partial charge in [-0.2, -0.15) is 0 Å². The standard InChI is InChI=1S/C17H14F2N2O2/c1-10-2-5-15(14(19)6-10)20-16-7-11(18)3-4-13(16)17(23)21-8-12(22)9-21/h2-7,20H,8-9H2,1H3. The summed E-state index contributed by atoms with van der Waals surface area (Å²) in [6.45, 7) is 1.86. The van der Waals surface area contributed by atoms with Gasteiger partial charge in [0.15, 0.2) is 5.78 Å². The minimum atomic E-state index is -0.545. The highest BCUT2D eigenvalue weighted by molar-refractivity contribution is 6.06. The molecule has 0 aliphatic carbocycles. The van der Waals surface area contributed by atoms with Crippen LogP contribution in [0.3, 0.4) is 0 Å². The van der Waals surface area contributed by atoms with Crippen molar-refractivity contribution in [3.8, 4) is 0 Å². The van der Waals surface area contributed by atoms with Crippen molar-refractivity contribution in [3.05, 3.63) is 59.2 Å². The normalized spacial score (nSPS) is 13.7. The Kier molecular flexibility index (Phi) is 3.82. The molecule has 1 saturated heterocycles. The van der Waals surface area contributed by atoms with Gasteiger partial charge in [-0.05, 0) is 42.8 Å². The molecule has 23 heavy (non-hydrogen) atoms. The molecule has 1 aliphatic rings. The first kappa shape index (κ1) is 15.1. The molecule has 1 N–H and O–H groups in total. The maximum absolute atomic E-state index is 14.0. The summed E-state index contributed by atoms with van der Waals surface area (Å²) in [5, 5.41) is 2.76. The summed E-state index contributed by atoms with van der Waals surface area (Å²) in [4.78, 5) is 24.7. The van der Waals surface area contributed by atoms with E-state index in [4.69, 9.17) is 0 Å². The van der Waals surface area contributed by atoms with Crippen molar-refractivity contribution in [2.45, 2.75) is 6.92 Å². The molecular formula is C17H14F2N2O2. The van der Waals surface area contributed by atoms with E-state index in [9.17, 15) is 18.4 Å². The number of rotatable bonds is 3. The third-order valence-corrected chi connectivity index (χ3v) is 3.63. The molecule has 118 valence electrons. The number of nitrogens with one attached hydrogen (secondary N) is 1. The summed E-state index contributed by atoms with van der Waals surface area (Å²) in [6, 6.07) is 8.20. The lowest BCUT2D eigenvalue weighted by molar-refractivity contribution is -0.127. The van der Waals surface area contributed by atoms with Crippen LogP contribution < -0.4 is 5.32 Å². The van der Waals surface area contributed by atoms with Gasteiger partial charge in [0.1, 0.15) is 11.6 Å². The van der Waals surface area contributed by atoms with Gasteiger partial charge in [0.2, 0.25) is 0 Å². The largest absolute Gasteiger partial charge is 0.352 e. The molecule has 1 heterocycles. The zero-order valence-corrected chi connectivity index (χ0v) is 12.4. The fourth-order valence-corrected chi connectivity index (χ4v) is 2.37. The maximum atomic E-state index is 14.0. The van der Waals surface area contributed by atoms with Crippen molar-refractivity contribution >= 4 is 23.1 Å². The Morgan fingerprint density at radius 3 is 2.48 bits per heavy atom. The van der Waals surface area contributed by atoms with Crippen LogP contribution in [-0.2, 0) is 4.79 Å². The SMILES string of the molecule is Cc1ccc(Nc2cc(F)ccc2C(=O)N2CC(=O)C2)c(F)c1. The molecule has 0 spiro atoms. The lowest BCUT2D eigenvalue weighted by Gasteiger charge is -2.30. The minimum absolute atomic E-state index is 0.0282. The van der Waals surface area contributed by atoms with Crippen molar-refractivity contribution in [3.63, 3.8) is 0 Å². The Bertz CT molecular complexity index is 797. The first-order chi connectivity index (χ1) is 10.9. The molecule has 0 saturated carbocycles. The predicted molar refractivity (Wildman–Crippen MR) is 81.7 cm³/mol. The Labute approximate surface area is 131 Å². The van der Waals surface area contributed by atoms with Crippen LogP contribution in [0.25, 0.3) is 0 Å². The highest BCUT2D eigenvalue weighted by Crippen LogP contribution is 2.26. The monoisotopic (exact) mass is 316 g/mol. The van der Waals surface area contributed by atoms with Crippen LogP contribution in [0.2, 0.25) is 0 Å². The van der Waals surface area contributed by atoms with Crippen molar-refractivity contribution in [1.29, 1.82) is 0 Å². The third-order valence-electron chi connectivity index (χ3n) is 3.63. The number of halogens is 2. The lowest BCUT2D eigenvalue weighted by atomic mass is 10.1. The molecule has 0 bridgehead atoms. The number of Topliss-reactive ketones (excluding diaryl/α,β-unsaturated/α-hetero) is 1. The molecule has 0 unspecified atom stereocenters. The Hall–Kier alpha value is -2.76. The summed E-state index contributed by atoms with van der Waals surface area (Å²) in [6.07, 6.45) is 0. The molecule has 4 nitrogen and oxygen atoms in total. The molecule has 1 fully saturated rings. The van der Waals surface area contributed by atoms with E-state index in [-0.39, 0.29) is 41.7 Å². The number of carbonyl (C=O) groups is 2. The van der Waals surface area contributed by atoms with E-state index < -0.39 is 11.6 Å². The maximum Gasteiger partial charge on any atom is 0.256 e. The number of likely N-dealkylation sites (tertiary alicyclic amines) is 1. The van der Waals surface area contributed by atoms with Gasteiger partial charge in [-0.25, -0.2) is 8.78 Å². The van der Waals surface area contributed by atoms with Crippen LogP contribution in [0.5, 0.6) is 0 Å². The highest BCUT2D eigenvalue weighted by Gasteiger charge is 2.30. The van der Waals surface area contributed by atoms with E-state index in [0.29, 0.717) is 0 Å². The summed E-state index contributed by atoms with van der Waals surface area (Å²) in [5.41, 5.74) is 1.26. The van der Waals surface area contributed by atoms with E-state index in [2.05, 4.69) is 5.32 Å². The van der Waals surface area contributed by atoms with Crippen molar-refractivity contribution in [1.82, 2.24) is 4.90 Å². The average Bonchev–Trinajstić information content (AvgIpc) is 2.46. The number of carbonyl (C=O) groups excluding carboxylic acids is 2. The van der Waals surface area contributed by atoms with E-state index in [1.807, 2.05) is 0 Å². The van der Waals surface area contributed by atoms with Gasteiger partial charge >= 0.3 is 0 Å². The van der Waals surface area contributed by atoms with Crippen molar-refractivity contribution in [2.75, 3.05) is 18.4 Å². The topological polar surface area (TPSA) is 49.4 Å². The second-order valence-corrected chi connectivity index (χ2v) is 5.50. The fourth-order valence-electron chi connectivity index (χ4n) is 2.37. The van der Waals surface area contributed by atoms with Gasteiger partial charge in [0, 0.05) is 0 Å². The molecule has 6 heteroatoms. The van der Waals surface area contributed by atoms with Crippen LogP contribution in [0.15, 0.2) is 36.4 Å². The van der Waals surface area contributed by atoms with E-state index >= 15 is 0 Å². The second kappa shape index (κ2) is 5.79. The second-order valence-electron chi connectivity index (χ2n) is 5.50. The van der Waals surface area contributed by atoms with Crippen LogP contribution in [0, 0.1) is 18.6 Å². The summed E-state index contributed by atoms with van der Waals surface area (Å²) < 4.78 is 27.5. The summed E-state index contributed by atoms with van der Waals surface area (Å²) in [5.74, 6) is -1.46. The van der Waals surface area contributed by atoms with Gasteiger partial charge in [0.05, 0.1) is 30.0 Å². The number of nitrogens with zero attached hydrogens (tertiary/aromatic N) is 1. The number of ketones is 1. The fraction of sp³-hybridized carbons (Fsp3) is 0.176. The number of amides is 1.